The van der Waals surface area contributed by atoms with Crippen LogP contribution in [0.25, 0.3) is 6.08 Å². The van der Waals surface area contributed by atoms with Crippen LogP contribution in [0.1, 0.15) is 15.2 Å². The third-order valence-electron chi connectivity index (χ3n) is 4.93. The van der Waals surface area contributed by atoms with E-state index in [2.05, 4.69) is 0 Å². The molecule has 2 aromatic carbocycles. The van der Waals surface area contributed by atoms with Crippen LogP contribution >= 0.6 is 23.1 Å². The predicted octanol–water partition coefficient (Wildman–Crippen LogP) is 5.10. The first-order valence-corrected chi connectivity index (χ1v) is 12.1. The van der Waals surface area contributed by atoms with Gasteiger partial charge in [-0.2, -0.15) is 0 Å². The monoisotopic (exact) mass is 511 g/mol. The molecule has 0 unspecified atom stereocenters. The molecule has 0 spiro atoms. The molecule has 1 saturated heterocycles. The predicted molar refractivity (Wildman–Crippen MR) is 133 cm³/mol. The zero-order valence-electron chi connectivity index (χ0n) is 18.9. The molecule has 0 N–H and O–H groups in total. The van der Waals surface area contributed by atoms with Crippen molar-refractivity contribution >= 4 is 46.3 Å². The van der Waals surface area contributed by atoms with Gasteiger partial charge in [-0.1, -0.05) is 24.3 Å². The van der Waals surface area contributed by atoms with E-state index in [1.807, 2.05) is 12.1 Å². The first-order valence-electron chi connectivity index (χ1n) is 10.4. The second kappa shape index (κ2) is 11.1. The van der Waals surface area contributed by atoms with Gasteiger partial charge in [0.25, 0.3) is 11.1 Å². The smallest absolute Gasteiger partial charge is 0.353 e. The molecule has 0 bridgehead atoms. The van der Waals surface area contributed by atoms with Crippen molar-refractivity contribution in [2.45, 2.75) is 0 Å². The number of hydrogen-bond donors (Lipinski definition) is 0. The Labute approximate surface area is 210 Å². The summed E-state index contributed by atoms with van der Waals surface area (Å²) in [4.78, 5) is 39.4. The van der Waals surface area contributed by atoms with Gasteiger partial charge in [0, 0.05) is 0 Å². The lowest BCUT2D eigenvalue weighted by atomic mass is 10.2. The van der Waals surface area contributed by atoms with Crippen LogP contribution in [0.5, 0.6) is 23.0 Å². The largest absolute Gasteiger partial charge is 0.493 e. The van der Waals surface area contributed by atoms with Crippen LogP contribution in [0.3, 0.4) is 0 Å². The highest BCUT2D eigenvalue weighted by atomic mass is 32.2. The summed E-state index contributed by atoms with van der Waals surface area (Å²) in [7, 11) is 3.00. The van der Waals surface area contributed by atoms with Crippen LogP contribution in [0, 0.1) is 0 Å². The maximum absolute atomic E-state index is 12.8. The third-order valence-corrected chi connectivity index (χ3v) is 6.68. The van der Waals surface area contributed by atoms with Crippen molar-refractivity contribution in [1.82, 2.24) is 4.90 Å². The average molecular weight is 512 g/mol. The van der Waals surface area contributed by atoms with E-state index in [0.29, 0.717) is 27.7 Å². The fourth-order valence-electron chi connectivity index (χ4n) is 3.23. The molecule has 1 aliphatic heterocycles. The van der Waals surface area contributed by atoms with Crippen LogP contribution < -0.4 is 18.9 Å². The molecule has 180 valence electrons. The van der Waals surface area contributed by atoms with Crippen LogP contribution in [-0.2, 0) is 4.79 Å². The number of para-hydroxylation sites is 2. The number of esters is 1. The van der Waals surface area contributed by atoms with Crippen molar-refractivity contribution in [2.24, 2.45) is 0 Å². The van der Waals surface area contributed by atoms with Crippen molar-refractivity contribution in [3.63, 3.8) is 0 Å². The molecule has 10 heteroatoms. The Bertz CT molecular complexity index is 1270. The fraction of sp³-hybridized carbons (Fsp3) is 0.160. The summed E-state index contributed by atoms with van der Waals surface area (Å²) in [6, 6.07) is 15.5. The first-order chi connectivity index (χ1) is 17.0. The maximum Gasteiger partial charge on any atom is 0.353 e. The van der Waals surface area contributed by atoms with Gasteiger partial charge < -0.3 is 18.9 Å². The van der Waals surface area contributed by atoms with Crippen molar-refractivity contribution in [3.05, 3.63) is 75.3 Å². The SMILES string of the molecule is COc1ccccc1OCCN1C(=O)S/C(=C\c2ccc(OC(=O)c3cccs3)c(OC)c2)C1=O. The number of amides is 2. The van der Waals surface area contributed by atoms with E-state index in [0.717, 1.165) is 16.7 Å². The molecular formula is C25H21NO7S2. The van der Waals surface area contributed by atoms with E-state index in [4.69, 9.17) is 18.9 Å². The Hall–Kier alpha value is -3.76. The molecule has 0 saturated carbocycles. The number of rotatable bonds is 9. The van der Waals surface area contributed by atoms with Crippen molar-refractivity contribution < 1.29 is 33.3 Å². The highest BCUT2D eigenvalue weighted by molar-refractivity contribution is 8.18. The minimum Gasteiger partial charge on any atom is -0.493 e. The molecule has 0 radical (unpaired) electrons. The van der Waals surface area contributed by atoms with Gasteiger partial charge in [0.1, 0.15) is 11.5 Å². The molecule has 0 aliphatic carbocycles. The number of carbonyl (C=O) groups excluding carboxylic acids is 3. The minimum absolute atomic E-state index is 0.0982. The second-order valence-electron chi connectivity index (χ2n) is 7.11. The molecular weight excluding hydrogens is 490 g/mol. The number of ether oxygens (including phenoxy) is 4. The summed E-state index contributed by atoms with van der Waals surface area (Å²) in [5.41, 5.74) is 0.619. The molecule has 4 rings (SSSR count). The molecule has 3 aromatic rings. The highest BCUT2D eigenvalue weighted by Gasteiger charge is 2.35. The van der Waals surface area contributed by atoms with Gasteiger partial charge in [-0.3, -0.25) is 14.5 Å². The van der Waals surface area contributed by atoms with E-state index in [9.17, 15) is 14.4 Å². The topological polar surface area (TPSA) is 91.4 Å². The lowest BCUT2D eigenvalue weighted by Crippen LogP contribution is -2.32. The van der Waals surface area contributed by atoms with Crippen LogP contribution in [0.2, 0.25) is 0 Å². The molecule has 1 fully saturated rings. The van der Waals surface area contributed by atoms with E-state index >= 15 is 0 Å². The first kappa shape index (κ1) is 24.4. The van der Waals surface area contributed by atoms with E-state index in [-0.39, 0.29) is 29.0 Å². The standard InChI is InChI=1S/C25H21NO7S2/c1-30-17-6-3-4-7-18(17)32-12-11-26-23(27)22(35-25(26)29)15-16-9-10-19(20(14-16)31-2)33-24(28)21-8-5-13-34-21/h3-10,13-15H,11-12H2,1-2H3/b22-15-. The lowest BCUT2D eigenvalue weighted by Gasteiger charge is -2.14. The third kappa shape index (κ3) is 5.67. The molecule has 1 aliphatic rings. The number of hydrogen-bond acceptors (Lipinski definition) is 9. The van der Waals surface area contributed by atoms with Crippen molar-refractivity contribution in [3.8, 4) is 23.0 Å². The van der Waals surface area contributed by atoms with Gasteiger partial charge in [0.15, 0.2) is 23.0 Å². The molecule has 2 amide bonds. The summed E-state index contributed by atoms with van der Waals surface area (Å²) < 4.78 is 21.7. The van der Waals surface area contributed by atoms with E-state index in [1.54, 1.807) is 61.0 Å². The average Bonchev–Trinajstić information content (AvgIpc) is 3.50. The quantitative estimate of drug-likeness (QED) is 0.223. The number of carbonyl (C=O) groups is 3. The van der Waals surface area contributed by atoms with Crippen LogP contribution in [0.4, 0.5) is 4.79 Å². The van der Waals surface area contributed by atoms with Crippen molar-refractivity contribution in [1.29, 1.82) is 0 Å². The zero-order valence-corrected chi connectivity index (χ0v) is 20.5. The van der Waals surface area contributed by atoms with Gasteiger partial charge in [-0.05, 0) is 59.1 Å². The number of thioether (sulfide) groups is 1. The zero-order chi connectivity index (χ0) is 24.8. The van der Waals surface area contributed by atoms with Gasteiger partial charge in [0.2, 0.25) is 0 Å². The van der Waals surface area contributed by atoms with Gasteiger partial charge in [0.05, 0.1) is 25.7 Å². The Morgan fingerprint density at radius 1 is 0.943 bits per heavy atom. The number of methoxy groups -OCH3 is 2. The van der Waals surface area contributed by atoms with Crippen molar-refractivity contribution in [2.75, 3.05) is 27.4 Å². The van der Waals surface area contributed by atoms with E-state index < -0.39 is 11.9 Å². The normalized spacial score (nSPS) is 14.3. The molecule has 0 atom stereocenters. The molecule has 35 heavy (non-hydrogen) atoms. The minimum atomic E-state index is -0.484. The lowest BCUT2D eigenvalue weighted by molar-refractivity contribution is -0.123. The van der Waals surface area contributed by atoms with Crippen LogP contribution in [0.15, 0.2) is 64.9 Å². The second-order valence-corrected chi connectivity index (χ2v) is 9.05. The summed E-state index contributed by atoms with van der Waals surface area (Å²) in [6.45, 7) is 0.227. The van der Waals surface area contributed by atoms with Gasteiger partial charge >= 0.3 is 5.97 Å². The number of thiophene rings is 1. The summed E-state index contributed by atoms with van der Waals surface area (Å²) >= 11 is 2.13. The Kier molecular flexibility index (Phi) is 7.74. The highest BCUT2D eigenvalue weighted by Crippen LogP contribution is 2.35. The van der Waals surface area contributed by atoms with Crippen LogP contribution in [-0.4, -0.2) is 49.4 Å². The summed E-state index contributed by atoms with van der Waals surface area (Å²) in [5, 5.41) is 1.41. The van der Waals surface area contributed by atoms with Gasteiger partial charge in [-0.25, -0.2) is 4.79 Å². The number of imide groups is 1. The summed E-state index contributed by atoms with van der Waals surface area (Å²) in [6.07, 6.45) is 1.60. The Morgan fingerprint density at radius 2 is 1.71 bits per heavy atom. The number of benzene rings is 2. The number of nitrogens with zero attached hydrogens (tertiary/aromatic N) is 1. The summed E-state index contributed by atoms with van der Waals surface area (Å²) in [5.74, 6) is 0.792. The van der Waals surface area contributed by atoms with Gasteiger partial charge in [-0.15, -0.1) is 11.3 Å². The maximum atomic E-state index is 12.8. The Balaban J connectivity index is 1.42. The van der Waals surface area contributed by atoms with E-state index in [1.165, 1.54) is 18.4 Å². The molecule has 8 nitrogen and oxygen atoms in total. The molecule has 2 heterocycles. The Morgan fingerprint density at radius 3 is 2.43 bits per heavy atom. The molecule has 1 aromatic heterocycles. The fourth-order valence-corrected chi connectivity index (χ4v) is 4.70.